The zero-order valence-electron chi connectivity index (χ0n) is 21.7. The molecule has 198 valence electrons. The van der Waals surface area contributed by atoms with Gasteiger partial charge in [-0.3, -0.25) is 4.79 Å². The highest BCUT2D eigenvalue weighted by molar-refractivity contribution is 7.16. The maximum atomic E-state index is 12.9. The molecule has 9 nitrogen and oxygen atoms in total. The second-order valence-electron chi connectivity index (χ2n) is 9.68. The van der Waals surface area contributed by atoms with Crippen molar-refractivity contribution in [1.29, 1.82) is 5.26 Å². The van der Waals surface area contributed by atoms with Crippen molar-refractivity contribution in [2.75, 3.05) is 31.7 Å². The smallest absolute Gasteiger partial charge is 0.410 e. The van der Waals surface area contributed by atoms with Crippen LogP contribution in [0.2, 0.25) is 0 Å². The minimum Gasteiger partial charge on any atom is -0.494 e. The first-order valence-corrected chi connectivity index (χ1v) is 13.3. The molecule has 10 heteroatoms. The van der Waals surface area contributed by atoms with Crippen molar-refractivity contribution < 1.29 is 28.5 Å². The van der Waals surface area contributed by atoms with E-state index in [0.29, 0.717) is 43.3 Å². The Bertz CT molecular complexity index is 1190. The number of nitriles is 1. The van der Waals surface area contributed by atoms with Gasteiger partial charge in [-0.2, -0.15) is 5.26 Å². The molecule has 3 heterocycles. The van der Waals surface area contributed by atoms with Crippen LogP contribution in [0.3, 0.4) is 0 Å². The Labute approximate surface area is 221 Å². The number of nitrogens with zero attached hydrogens (tertiary/aromatic N) is 2. The van der Waals surface area contributed by atoms with Crippen molar-refractivity contribution in [2.45, 2.75) is 64.9 Å². The fourth-order valence-electron chi connectivity index (χ4n) is 4.52. The topological polar surface area (TPSA) is 110 Å². The number of hydrogen-bond donors (Lipinski definition) is 1. The molecule has 0 aliphatic carbocycles. The fourth-order valence-corrected chi connectivity index (χ4v) is 5.75. The van der Waals surface area contributed by atoms with Crippen molar-refractivity contribution in [3.8, 4) is 11.8 Å². The van der Waals surface area contributed by atoms with E-state index in [9.17, 15) is 14.9 Å². The molecule has 0 bridgehead atoms. The standard InChI is InChI=1S/C27H33N3O6S/c1-5-33-19-8-6-7-18(12-19)17(2)11-24(31)29-25-22(13-28)21-9-10-30(14-23(21)37-25)26(32)34-15-20-16-35-27(3,4)36-20/h6-8,12,17,20H,5,9-11,14-16H2,1-4H3,(H,29,31)/t17-,20?/m0/s1. The van der Waals surface area contributed by atoms with Crippen molar-refractivity contribution >= 4 is 28.3 Å². The zero-order valence-corrected chi connectivity index (χ0v) is 22.5. The van der Waals surface area contributed by atoms with Gasteiger partial charge in [0.25, 0.3) is 0 Å². The highest BCUT2D eigenvalue weighted by Crippen LogP contribution is 2.37. The second-order valence-corrected chi connectivity index (χ2v) is 10.8. The molecular formula is C27H33N3O6S. The molecule has 0 radical (unpaired) electrons. The molecule has 1 fully saturated rings. The average molecular weight is 528 g/mol. The van der Waals surface area contributed by atoms with Crippen LogP contribution in [-0.4, -0.2) is 55.2 Å². The molecule has 0 saturated carbocycles. The van der Waals surface area contributed by atoms with Crippen molar-refractivity contribution in [3.05, 3.63) is 45.8 Å². The summed E-state index contributed by atoms with van der Waals surface area (Å²) in [6.45, 7) is 9.40. The Kier molecular flexibility index (Phi) is 8.37. The van der Waals surface area contributed by atoms with Gasteiger partial charge in [0, 0.05) is 17.8 Å². The van der Waals surface area contributed by atoms with E-state index >= 15 is 0 Å². The number of fused-ring (bicyclic) bond motifs is 1. The summed E-state index contributed by atoms with van der Waals surface area (Å²) >= 11 is 1.34. The molecule has 2 aliphatic heterocycles. The Balaban J connectivity index is 1.35. The van der Waals surface area contributed by atoms with Crippen LogP contribution in [0.4, 0.5) is 9.80 Å². The first kappa shape index (κ1) is 26.9. The third kappa shape index (κ3) is 6.60. The van der Waals surface area contributed by atoms with Gasteiger partial charge >= 0.3 is 6.09 Å². The van der Waals surface area contributed by atoms with Crippen LogP contribution < -0.4 is 10.1 Å². The van der Waals surface area contributed by atoms with Gasteiger partial charge in [-0.1, -0.05) is 19.1 Å². The van der Waals surface area contributed by atoms with Gasteiger partial charge < -0.3 is 29.2 Å². The van der Waals surface area contributed by atoms with Crippen LogP contribution in [0.1, 0.15) is 61.6 Å². The lowest BCUT2D eigenvalue weighted by molar-refractivity contribution is -0.143. The van der Waals surface area contributed by atoms with Crippen LogP contribution in [0.15, 0.2) is 24.3 Å². The molecule has 4 rings (SSSR count). The van der Waals surface area contributed by atoms with Crippen molar-refractivity contribution in [3.63, 3.8) is 0 Å². The number of carbonyl (C=O) groups is 2. The van der Waals surface area contributed by atoms with Gasteiger partial charge in [0.05, 0.1) is 25.3 Å². The van der Waals surface area contributed by atoms with Gasteiger partial charge in [0.1, 0.15) is 29.5 Å². The summed E-state index contributed by atoms with van der Waals surface area (Å²) in [5, 5.41) is 13.3. The van der Waals surface area contributed by atoms with E-state index in [1.165, 1.54) is 11.3 Å². The van der Waals surface area contributed by atoms with Crippen molar-refractivity contribution in [2.24, 2.45) is 0 Å². The number of rotatable bonds is 8. The Morgan fingerprint density at radius 3 is 2.89 bits per heavy atom. The number of thiophene rings is 1. The lowest BCUT2D eigenvalue weighted by Gasteiger charge is -2.26. The van der Waals surface area contributed by atoms with E-state index in [1.807, 2.05) is 52.0 Å². The van der Waals surface area contributed by atoms with Gasteiger partial charge in [0.2, 0.25) is 5.91 Å². The number of carbonyl (C=O) groups excluding carboxylic acids is 2. The molecule has 1 saturated heterocycles. The Hall–Kier alpha value is -3.13. The molecule has 1 aromatic heterocycles. The lowest BCUT2D eigenvalue weighted by Crippen LogP contribution is -2.37. The van der Waals surface area contributed by atoms with Crippen LogP contribution in [0, 0.1) is 11.3 Å². The lowest BCUT2D eigenvalue weighted by atomic mass is 9.97. The van der Waals surface area contributed by atoms with E-state index < -0.39 is 11.9 Å². The van der Waals surface area contributed by atoms with Crippen LogP contribution in [-0.2, 0) is 32.0 Å². The maximum Gasteiger partial charge on any atom is 0.410 e. The van der Waals surface area contributed by atoms with Gasteiger partial charge in [0.15, 0.2) is 5.79 Å². The molecule has 1 aromatic carbocycles. The number of ether oxygens (including phenoxy) is 4. The molecular weight excluding hydrogens is 494 g/mol. The number of benzene rings is 1. The molecule has 37 heavy (non-hydrogen) atoms. The largest absolute Gasteiger partial charge is 0.494 e. The minimum absolute atomic E-state index is 0.0226. The van der Waals surface area contributed by atoms with Crippen LogP contribution in [0.5, 0.6) is 5.75 Å². The monoisotopic (exact) mass is 527 g/mol. The summed E-state index contributed by atoms with van der Waals surface area (Å²) in [6, 6.07) is 9.99. The predicted octanol–water partition coefficient (Wildman–Crippen LogP) is 4.80. The molecule has 2 atom stereocenters. The number of amides is 2. The number of hydrogen-bond acceptors (Lipinski definition) is 8. The van der Waals surface area contributed by atoms with Gasteiger partial charge in [-0.25, -0.2) is 4.79 Å². The summed E-state index contributed by atoms with van der Waals surface area (Å²) in [7, 11) is 0. The fraction of sp³-hybridized carbons (Fsp3) is 0.519. The summed E-state index contributed by atoms with van der Waals surface area (Å²) in [6.07, 6.45) is 0.0679. The van der Waals surface area contributed by atoms with E-state index in [4.69, 9.17) is 18.9 Å². The minimum atomic E-state index is -0.673. The summed E-state index contributed by atoms with van der Waals surface area (Å²) in [5.41, 5.74) is 2.38. The second kappa shape index (κ2) is 11.5. The number of nitrogens with one attached hydrogen (secondary N) is 1. The van der Waals surface area contributed by atoms with E-state index in [-0.39, 0.29) is 31.0 Å². The molecule has 1 N–H and O–H groups in total. The van der Waals surface area contributed by atoms with Crippen LogP contribution in [0.25, 0.3) is 0 Å². The van der Waals surface area contributed by atoms with E-state index in [2.05, 4.69) is 11.4 Å². The quantitative estimate of drug-likeness (QED) is 0.525. The normalized spacial score (nSPS) is 19.0. The zero-order chi connectivity index (χ0) is 26.6. The summed E-state index contributed by atoms with van der Waals surface area (Å²) in [5.74, 6) is -0.0811. The molecule has 2 aliphatic rings. The molecule has 2 aromatic rings. The molecule has 0 spiro atoms. The Morgan fingerprint density at radius 1 is 1.38 bits per heavy atom. The molecule has 1 unspecified atom stereocenters. The summed E-state index contributed by atoms with van der Waals surface area (Å²) in [4.78, 5) is 28.0. The Morgan fingerprint density at radius 2 is 2.19 bits per heavy atom. The van der Waals surface area contributed by atoms with Gasteiger partial charge in [-0.05, 0) is 56.4 Å². The first-order chi connectivity index (χ1) is 17.7. The third-order valence-electron chi connectivity index (χ3n) is 6.37. The first-order valence-electron chi connectivity index (χ1n) is 12.5. The van der Waals surface area contributed by atoms with E-state index in [1.54, 1.807) is 4.90 Å². The van der Waals surface area contributed by atoms with Crippen LogP contribution >= 0.6 is 11.3 Å². The maximum absolute atomic E-state index is 12.9. The van der Waals surface area contributed by atoms with Gasteiger partial charge in [-0.15, -0.1) is 11.3 Å². The average Bonchev–Trinajstić information content (AvgIpc) is 3.40. The summed E-state index contributed by atoms with van der Waals surface area (Å²) < 4.78 is 22.2. The third-order valence-corrected chi connectivity index (χ3v) is 7.50. The molecule has 2 amide bonds. The SMILES string of the molecule is CCOc1cccc([C@@H](C)CC(=O)Nc2sc3c(c2C#N)CCN(C(=O)OCC2COC(C)(C)O2)C3)c1. The number of anilines is 1. The highest BCUT2D eigenvalue weighted by Gasteiger charge is 2.34. The highest BCUT2D eigenvalue weighted by atomic mass is 32.1. The predicted molar refractivity (Wildman–Crippen MR) is 139 cm³/mol. The van der Waals surface area contributed by atoms with Crippen molar-refractivity contribution in [1.82, 2.24) is 4.90 Å². The van der Waals surface area contributed by atoms with E-state index in [0.717, 1.165) is 21.8 Å².